The first-order valence-corrected chi connectivity index (χ1v) is 4.91. The van der Waals surface area contributed by atoms with E-state index in [4.69, 9.17) is 9.47 Å². The minimum atomic E-state index is 0.204. The van der Waals surface area contributed by atoms with Crippen LogP contribution in [-0.2, 0) is 0 Å². The first kappa shape index (κ1) is 9.15. The lowest BCUT2D eigenvalue weighted by atomic mass is 10.2. The molecular weight excluding hydrogens is 200 g/mol. The van der Waals surface area contributed by atoms with Gasteiger partial charge < -0.3 is 14.6 Å². The first-order valence-electron chi connectivity index (χ1n) is 4.09. The smallest absolute Gasteiger partial charge is 0.215 e. The normalized spacial score (nSPS) is 10.4. The lowest BCUT2D eigenvalue weighted by molar-refractivity contribution is 0.385. The van der Waals surface area contributed by atoms with Crippen molar-refractivity contribution < 1.29 is 14.6 Å². The minimum absolute atomic E-state index is 0.204. The molecule has 1 N–H and O–H groups in total. The van der Waals surface area contributed by atoms with Gasteiger partial charge in [0.2, 0.25) is 5.06 Å². The van der Waals surface area contributed by atoms with Gasteiger partial charge in [-0.05, 0) is 18.2 Å². The van der Waals surface area contributed by atoms with Crippen LogP contribution in [-0.4, -0.2) is 19.3 Å². The molecule has 0 radical (unpaired) electrons. The van der Waals surface area contributed by atoms with Gasteiger partial charge in [-0.1, -0.05) is 11.3 Å². The van der Waals surface area contributed by atoms with Crippen molar-refractivity contribution in [1.82, 2.24) is 0 Å². The third kappa shape index (κ3) is 1.28. The fraction of sp³-hybridized carbons (Fsp3) is 0.200. The third-order valence-corrected chi connectivity index (χ3v) is 2.99. The molecule has 2 aromatic rings. The summed E-state index contributed by atoms with van der Waals surface area (Å²) in [5.41, 5.74) is 0. The standard InChI is InChI=1S/C10H10O3S/c1-12-6-3-4-8-7(5-6)9(13-2)10(11)14-8/h3-5,11H,1-2H3. The molecule has 0 unspecified atom stereocenters. The molecule has 1 aromatic carbocycles. The van der Waals surface area contributed by atoms with Crippen LogP contribution in [0.2, 0.25) is 0 Å². The van der Waals surface area contributed by atoms with Gasteiger partial charge in [-0.25, -0.2) is 0 Å². The van der Waals surface area contributed by atoms with Crippen LogP contribution in [0.1, 0.15) is 0 Å². The highest BCUT2D eigenvalue weighted by molar-refractivity contribution is 7.21. The van der Waals surface area contributed by atoms with E-state index in [1.807, 2.05) is 18.2 Å². The van der Waals surface area contributed by atoms with Gasteiger partial charge in [0, 0.05) is 10.1 Å². The fourth-order valence-corrected chi connectivity index (χ4v) is 2.26. The van der Waals surface area contributed by atoms with Crippen molar-refractivity contribution in [2.24, 2.45) is 0 Å². The van der Waals surface area contributed by atoms with Gasteiger partial charge in [-0.3, -0.25) is 0 Å². The SMILES string of the molecule is COc1ccc2sc(O)c(OC)c2c1. The van der Waals surface area contributed by atoms with Crippen LogP contribution in [0.4, 0.5) is 0 Å². The predicted molar refractivity (Wildman–Crippen MR) is 56.6 cm³/mol. The van der Waals surface area contributed by atoms with Crippen LogP contribution in [0.3, 0.4) is 0 Å². The summed E-state index contributed by atoms with van der Waals surface area (Å²) in [6, 6.07) is 5.61. The van der Waals surface area contributed by atoms with E-state index in [1.54, 1.807) is 14.2 Å². The maximum absolute atomic E-state index is 9.55. The summed E-state index contributed by atoms with van der Waals surface area (Å²) in [7, 11) is 3.15. The Balaban J connectivity index is 2.71. The molecule has 0 aliphatic rings. The molecule has 74 valence electrons. The van der Waals surface area contributed by atoms with Gasteiger partial charge in [0.05, 0.1) is 14.2 Å². The van der Waals surface area contributed by atoms with Gasteiger partial charge in [0.1, 0.15) is 5.75 Å². The van der Waals surface area contributed by atoms with Crippen molar-refractivity contribution in [3.05, 3.63) is 18.2 Å². The molecule has 14 heavy (non-hydrogen) atoms. The van der Waals surface area contributed by atoms with Crippen LogP contribution in [0, 0.1) is 0 Å². The second-order valence-corrected chi connectivity index (χ2v) is 3.83. The Hall–Kier alpha value is -1.42. The fourth-order valence-electron chi connectivity index (χ4n) is 1.37. The first-order chi connectivity index (χ1) is 6.76. The molecule has 4 heteroatoms. The van der Waals surface area contributed by atoms with E-state index in [1.165, 1.54) is 11.3 Å². The lowest BCUT2D eigenvalue weighted by Crippen LogP contribution is -1.83. The summed E-state index contributed by atoms with van der Waals surface area (Å²) in [4.78, 5) is 0. The highest BCUT2D eigenvalue weighted by Gasteiger charge is 2.12. The van der Waals surface area contributed by atoms with Crippen molar-refractivity contribution in [3.8, 4) is 16.6 Å². The Kier molecular flexibility index (Phi) is 2.21. The van der Waals surface area contributed by atoms with Crippen LogP contribution in [0.25, 0.3) is 10.1 Å². The number of aromatic hydroxyl groups is 1. The molecule has 0 aliphatic carbocycles. The predicted octanol–water partition coefficient (Wildman–Crippen LogP) is 2.62. The molecule has 0 atom stereocenters. The zero-order valence-electron chi connectivity index (χ0n) is 7.90. The molecule has 1 heterocycles. The summed E-state index contributed by atoms with van der Waals surface area (Å²) in [5, 5.41) is 10.6. The van der Waals surface area contributed by atoms with Crippen LogP contribution in [0.15, 0.2) is 18.2 Å². The number of thiophene rings is 1. The zero-order valence-corrected chi connectivity index (χ0v) is 8.72. The van der Waals surface area contributed by atoms with E-state index in [-0.39, 0.29) is 5.06 Å². The second kappa shape index (κ2) is 3.38. The zero-order chi connectivity index (χ0) is 10.1. The summed E-state index contributed by atoms with van der Waals surface area (Å²) in [6.45, 7) is 0. The van der Waals surface area contributed by atoms with Crippen molar-refractivity contribution in [2.75, 3.05) is 14.2 Å². The quantitative estimate of drug-likeness (QED) is 0.828. The van der Waals surface area contributed by atoms with Crippen molar-refractivity contribution in [1.29, 1.82) is 0 Å². The van der Waals surface area contributed by atoms with Gasteiger partial charge in [-0.2, -0.15) is 0 Å². The number of hydrogen-bond donors (Lipinski definition) is 1. The van der Waals surface area contributed by atoms with Crippen LogP contribution >= 0.6 is 11.3 Å². The summed E-state index contributed by atoms with van der Waals surface area (Å²) in [5.74, 6) is 1.28. The molecular formula is C10H10O3S. The largest absolute Gasteiger partial charge is 0.497 e. The monoisotopic (exact) mass is 210 g/mol. The Morgan fingerprint density at radius 3 is 2.64 bits per heavy atom. The highest BCUT2D eigenvalue weighted by atomic mass is 32.1. The molecule has 0 fully saturated rings. The Bertz CT molecular complexity index is 462. The molecule has 0 saturated carbocycles. The van der Waals surface area contributed by atoms with Crippen molar-refractivity contribution in [2.45, 2.75) is 0 Å². The average Bonchev–Trinajstić information content (AvgIpc) is 2.52. The van der Waals surface area contributed by atoms with Crippen molar-refractivity contribution in [3.63, 3.8) is 0 Å². The molecule has 0 aliphatic heterocycles. The van der Waals surface area contributed by atoms with E-state index in [0.29, 0.717) is 5.75 Å². The molecule has 0 saturated heterocycles. The Morgan fingerprint density at radius 1 is 1.21 bits per heavy atom. The summed E-state index contributed by atoms with van der Waals surface area (Å²) >= 11 is 1.30. The molecule has 3 nitrogen and oxygen atoms in total. The van der Waals surface area contributed by atoms with E-state index in [9.17, 15) is 5.11 Å². The average molecular weight is 210 g/mol. The maximum Gasteiger partial charge on any atom is 0.215 e. The lowest BCUT2D eigenvalue weighted by Gasteiger charge is -2.00. The van der Waals surface area contributed by atoms with Crippen LogP contribution in [0.5, 0.6) is 16.6 Å². The summed E-state index contributed by atoms with van der Waals surface area (Å²) < 4.78 is 11.2. The van der Waals surface area contributed by atoms with E-state index >= 15 is 0 Å². The Labute approximate surface area is 85.5 Å². The minimum Gasteiger partial charge on any atom is -0.497 e. The third-order valence-electron chi connectivity index (χ3n) is 2.04. The van der Waals surface area contributed by atoms with Gasteiger partial charge in [-0.15, -0.1) is 0 Å². The second-order valence-electron chi connectivity index (χ2n) is 2.80. The highest BCUT2D eigenvalue weighted by Crippen LogP contribution is 2.43. The molecule has 0 spiro atoms. The molecule has 0 bridgehead atoms. The van der Waals surface area contributed by atoms with Gasteiger partial charge in [0.15, 0.2) is 5.75 Å². The molecule has 1 aromatic heterocycles. The van der Waals surface area contributed by atoms with E-state index < -0.39 is 0 Å². The van der Waals surface area contributed by atoms with Gasteiger partial charge >= 0.3 is 0 Å². The van der Waals surface area contributed by atoms with E-state index in [0.717, 1.165) is 15.8 Å². The van der Waals surface area contributed by atoms with E-state index in [2.05, 4.69) is 0 Å². The Morgan fingerprint density at radius 2 is 2.00 bits per heavy atom. The number of ether oxygens (including phenoxy) is 2. The topological polar surface area (TPSA) is 38.7 Å². The number of methoxy groups -OCH3 is 2. The number of hydrogen-bond acceptors (Lipinski definition) is 4. The number of benzene rings is 1. The van der Waals surface area contributed by atoms with Crippen molar-refractivity contribution >= 4 is 21.4 Å². The number of fused-ring (bicyclic) bond motifs is 1. The van der Waals surface area contributed by atoms with Gasteiger partial charge in [0.25, 0.3) is 0 Å². The molecule has 2 rings (SSSR count). The van der Waals surface area contributed by atoms with Crippen LogP contribution < -0.4 is 9.47 Å². The maximum atomic E-state index is 9.55. The summed E-state index contributed by atoms with van der Waals surface area (Å²) in [6.07, 6.45) is 0. The molecule has 0 amide bonds. The number of rotatable bonds is 2.